The van der Waals surface area contributed by atoms with E-state index in [9.17, 15) is 22.0 Å². The van der Waals surface area contributed by atoms with Crippen molar-refractivity contribution in [3.8, 4) is 0 Å². The van der Waals surface area contributed by atoms with Crippen molar-refractivity contribution in [2.24, 2.45) is 7.05 Å². The fourth-order valence-corrected chi connectivity index (χ4v) is 4.93. The predicted octanol–water partition coefficient (Wildman–Crippen LogP) is 2.96. The zero-order chi connectivity index (χ0) is 19.9. The first kappa shape index (κ1) is 19.3. The second-order valence-electron chi connectivity index (χ2n) is 6.66. The minimum Gasteiger partial charge on any atom is -0.350 e. The first-order chi connectivity index (χ1) is 12.6. The molecule has 0 atom stereocenters. The maximum atomic E-state index is 13.9. The van der Waals surface area contributed by atoms with Crippen LogP contribution in [0.3, 0.4) is 0 Å². The lowest BCUT2D eigenvalue weighted by Crippen LogP contribution is -2.30. The topological polar surface area (TPSA) is 71.4 Å². The summed E-state index contributed by atoms with van der Waals surface area (Å²) in [5, 5.41) is 0. The number of aromatic nitrogens is 1. The lowest BCUT2D eigenvalue weighted by Gasteiger charge is -2.17. The van der Waals surface area contributed by atoms with Gasteiger partial charge >= 0.3 is 0 Å². The van der Waals surface area contributed by atoms with Gasteiger partial charge in [0.15, 0.2) is 0 Å². The van der Waals surface area contributed by atoms with Gasteiger partial charge in [0.25, 0.3) is 15.9 Å². The van der Waals surface area contributed by atoms with Gasteiger partial charge in [0, 0.05) is 37.6 Å². The number of rotatable bonds is 4. The molecule has 1 aliphatic rings. The van der Waals surface area contributed by atoms with Crippen LogP contribution in [0.4, 0.5) is 14.5 Å². The van der Waals surface area contributed by atoms with Gasteiger partial charge in [-0.05, 0) is 38.8 Å². The first-order valence-electron chi connectivity index (χ1n) is 8.56. The quantitative estimate of drug-likeness (QED) is 0.862. The van der Waals surface area contributed by atoms with Crippen LogP contribution in [0.5, 0.6) is 0 Å². The number of carbonyl (C=O) groups is 1. The number of likely N-dealkylation sites (tertiary alicyclic amines) is 1. The summed E-state index contributed by atoms with van der Waals surface area (Å²) < 4.78 is 56.8. The van der Waals surface area contributed by atoms with E-state index in [4.69, 9.17) is 0 Å². The average molecular weight is 397 g/mol. The molecule has 0 bridgehead atoms. The second-order valence-corrected chi connectivity index (χ2v) is 8.28. The molecule has 2 heterocycles. The van der Waals surface area contributed by atoms with Gasteiger partial charge in [0.05, 0.1) is 11.3 Å². The molecule has 0 spiro atoms. The molecule has 0 saturated carbocycles. The van der Waals surface area contributed by atoms with Gasteiger partial charge in [-0.2, -0.15) is 0 Å². The molecular formula is C18H21F2N3O3S. The predicted molar refractivity (Wildman–Crippen MR) is 97.2 cm³/mol. The summed E-state index contributed by atoms with van der Waals surface area (Å²) in [6.07, 6.45) is 1.75. The van der Waals surface area contributed by atoms with Crippen LogP contribution in [0.1, 0.15) is 34.6 Å². The van der Waals surface area contributed by atoms with Gasteiger partial charge < -0.3 is 9.47 Å². The van der Waals surface area contributed by atoms with Crippen LogP contribution < -0.4 is 4.72 Å². The maximum absolute atomic E-state index is 13.9. The summed E-state index contributed by atoms with van der Waals surface area (Å²) in [5.41, 5.74) is 0.596. The molecule has 146 valence electrons. The molecule has 1 aliphatic heterocycles. The molecular weight excluding hydrogens is 376 g/mol. The van der Waals surface area contributed by atoms with E-state index in [1.54, 1.807) is 30.4 Å². The third-order valence-corrected chi connectivity index (χ3v) is 6.50. The normalized spacial score (nSPS) is 14.6. The number of hydrogen-bond acceptors (Lipinski definition) is 3. The Morgan fingerprint density at radius 3 is 2.33 bits per heavy atom. The van der Waals surface area contributed by atoms with E-state index < -0.39 is 21.7 Å². The van der Waals surface area contributed by atoms with Crippen molar-refractivity contribution in [1.29, 1.82) is 0 Å². The van der Waals surface area contributed by atoms with Gasteiger partial charge in [0.2, 0.25) is 0 Å². The standard InChI is InChI=1S/C18H21F2N3O3S/c1-11-16(18(24)23-8-4-5-9-23)17(12(2)22(11)3)27(25,26)21-15-7-6-13(19)10-14(15)20/h6-7,10,21H,4-5,8-9H2,1-3H3. The Balaban J connectivity index is 2.09. The summed E-state index contributed by atoms with van der Waals surface area (Å²) in [5.74, 6) is -2.20. The summed E-state index contributed by atoms with van der Waals surface area (Å²) >= 11 is 0. The molecule has 1 N–H and O–H groups in total. The van der Waals surface area contributed by atoms with E-state index in [0.717, 1.165) is 25.0 Å². The average Bonchev–Trinajstić information content (AvgIpc) is 3.20. The van der Waals surface area contributed by atoms with Gasteiger partial charge in [-0.3, -0.25) is 9.52 Å². The van der Waals surface area contributed by atoms with Crippen molar-refractivity contribution in [2.45, 2.75) is 31.6 Å². The summed E-state index contributed by atoms with van der Waals surface area (Å²) in [7, 11) is -2.60. The van der Waals surface area contributed by atoms with Crippen LogP contribution in [0.15, 0.2) is 23.1 Å². The van der Waals surface area contributed by atoms with E-state index in [1.807, 2.05) is 0 Å². The van der Waals surface area contributed by atoms with Crippen molar-refractivity contribution >= 4 is 21.6 Å². The highest BCUT2D eigenvalue weighted by Gasteiger charge is 2.34. The van der Waals surface area contributed by atoms with E-state index in [2.05, 4.69) is 4.72 Å². The van der Waals surface area contributed by atoms with E-state index in [-0.39, 0.29) is 22.1 Å². The van der Waals surface area contributed by atoms with Gasteiger partial charge in [0.1, 0.15) is 16.5 Å². The van der Waals surface area contributed by atoms with Crippen LogP contribution in [0.2, 0.25) is 0 Å². The molecule has 1 amide bonds. The summed E-state index contributed by atoms with van der Waals surface area (Å²) in [4.78, 5) is 14.4. The molecule has 9 heteroatoms. The van der Waals surface area contributed by atoms with Crippen LogP contribution in [0.25, 0.3) is 0 Å². The second kappa shape index (κ2) is 6.95. The van der Waals surface area contributed by atoms with E-state index >= 15 is 0 Å². The van der Waals surface area contributed by atoms with E-state index in [1.165, 1.54) is 0 Å². The van der Waals surface area contributed by atoms with Gasteiger partial charge in [-0.15, -0.1) is 0 Å². The molecule has 0 radical (unpaired) electrons. The van der Waals surface area contributed by atoms with Crippen LogP contribution in [-0.2, 0) is 17.1 Å². The van der Waals surface area contributed by atoms with Crippen molar-refractivity contribution < 1.29 is 22.0 Å². The number of sulfonamides is 1. The first-order valence-corrected chi connectivity index (χ1v) is 10.0. The highest BCUT2D eigenvalue weighted by Crippen LogP contribution is 2.30. The van der Waals surface area contributed by atoms with Crippen molar-refractivity contribution in [1.82, 2.24) is 9.47 Å². The lowest BCUT2D eigenvalue weighted by atomic mass is 10.2. The smallest absolute Gasteiger partial charge is 0.264 e. The molecule has 27 heavy (non-hydrogen) atoms. The third kappa shape index (κ3) is 3.43. The fraction of sp³-hybridized carbons (Fsp3) is 0.389. The van der Waals surface area contributed by atoms with Gasteiger partial charge in [-0.1, -0.05) is 0 Å². The molecule has 1 saturated heterocycles. The minimum absolute atomic E-state index is 0.0897. The Hall–Kier alpha value is -2.42. The van der Waals surface area contributed by atoms with E-state index in [0.29, 0.717) is 30.5 Å². The number of nitrogens with one attached hydrogen (secondary N) is 1. The molecule has 1 aromatic heterocycles. The molecule has 0 aliphatic carbocycles. The van der Waals surface area contributed by atoms with Gasteiger partial charge in [-0.25, -0.2) is 17.2 Å². The highest BCUT2D eigenvalue weighted by atomic mass is 32.2. The highest BCUT2D eigenvalue weighted by molar-refractivity contribution is 7.92. The molecule has 1 fully saturated rings. The minimum atomic E-state index is -4.27. The fourth-order valence-electron chi connectivity index (χ4n) is 3.34. The molecule has 1 aromatic carbocycles. The zero-order valence-corrected chi connectivity index (χ0v) is 16.2. The summed E-state index contributed by atoms with van der Waals surface area (Å²) in [6.45, 7) is 4.41. The monoisotopic (exact) mass is 397 g/mol. The lowest BCUT2D eigenvalue weighted by molar-refractivity contribution is 0.0788. The number of hydrogen-bond donors (Lipinski definition) is 1. The van der Waals surface area contributed by atoms with Crippen molar-refractivity contribution in [2.75, 3.05) is 17.8 Å². The Morgan fingerprint density at radius 2 is 1.74 bits per heavy atom. The Bertz CT molecular complexity index is 1010. The molecule has 3 rings (SSSR count). The largest absolute Gasteiger partial charge is 0.350 e. The number of halogens is 2. The third-order valence-electron chi connectivity index (χ3n) is 4.98. The number of amides is 1. The maximum Gasteiger partial charge on any atom is 0.264 e. The molecule has 2 aromatic rings. The Labute approximate surface area is 156 Å². The van der Waals surface area contributed by atoms with Crippen LogP contribution in [-0.4, -0.2) is 36.9 Å². The number of benzene rings is 1. The number of nitrogens with zero attached hydrogens (tertiary/aromatic N) is 2. The Kier molecular flexibility index (Phi) is 4.98. The number of anilines is 1. The zero-order valence-electron chi connectivity index (χ0n) is 15.3. The summed E-state index contributed by atoms with van der Waals surface area (Å²) in [6, 6.07) is 2.56. The van der Waals surface area contributed by atoms with Crippen LogP contribution in [0, 0.1) is 25.5 Å². The number of carbonyl (C=O) groups excluding carboxylic acids is 1. The molecule has 6 nitrogen and oxygen atoms in total. The SMILES string of the molecule is Cc1c(C(=O)N2CCCC2)c(S(=O)(=O)Nc2ccc(F)cc2F)c(C)n1C. The van der Waals surface area contributed by atoms with Crippen molar-refractivity contribution in [3.63, 3.8) is 0 Å². The Morgan fingerprint density at radius 1 is 1.11 bits per heavy atom. The molecule has 0 unspecified atom stereocenters. The van der Waals surface area contributed by atoms with Crippen LogP contribution >= 0.6 is 0 Å². The van der Waals surface area contributed by atoms with Crippen molar-refractivity contribution in [3.05, 3.63) is 46.8 Å².